The lowest BCUT2D eigenvalue weighted by molar-refractivity contribution is -0.120. The lowest BCUT2D eigenvalue weighted by atomic mass is 9.81. The van der Waals surface area contributed by atoms with Crippen molar-refractivity contribution in [2.75, 3.05) is 19.6 Å². The summed E-state index contributed by atoms with van der Waals surface area (Å²) in [6.07, 6.45) is 2.18. The second-order valence-electron chi connectivity index (χ2n) is 6.11. The molecule has 1 aliphatic rings. The third-order valence-electron chi connectivity index (χ3n) is 4.07. The fourth-order valence-corrected chi connectivity index (χ4v) is 3.90. The number of benzene rings is 1. The van der Waals surface area contributed by atoms with Gasteiger partial charge in [-0.2, -0.15) is 0 Å². The van der Waals surface area contributed by atoms with Gasteiger partial charge in [0.1, 0.15) is 0 Å². The molecule has 1 aromatic rings. The number of nitrogens with one attached hydrogen (secondary N) is 2. The molecule has 1 heterocycles. The van der Waals surface area contributed by atoms with Crippen LogP contribution in [0, 0.1) is 5.41 Å². The highest BCUT2D eigenvalue weighted by atomic mass is 35.5. The monoisotopic (exact) mass is 396 g/mol. The maximum absolute atomic E-state index is 12.3. The molecule has 1 saturated heterocycles. The molecule has 0 radical (unpaired) electrons. The van der Waals surface area contributed by atoms with E-state index in [0.29, 0.717) is 10.0 Å². The molecule has 0 bridgehead atoms. The first-order chi connectivity index (χ1) is 10.4. The van der Waals surface area contributed by atoms with Crippen LogP contribution in [0.3, 0.4) is 0 Å². The number of hydrogen-bond acceptors (Lipinski definition) is 3. The number of hydrogen-bond donors (Lipinski definition) is 2. The fraction of sp³-hybridized carbons (Fsp3) is 0.562. The first kappa shape index (κ1) is 20.9. The van der Waals surface area contributed by atoms with Gasteiger partial charge in [0.05, 0.1) is 10.3 Å². The summed E-state index contributed by atoms with van der Waals surface area (Å²) in [6.45, 7) is 6.90. The van der Waals surface area contributed by atoms with Crippen LogP contribution in [-0.4, -0.2) is 30.8 Å². The van der Waals surface area contributed by atoms with Crippen LogP contribution in [0.4, 0.5) is 0 Å². The van der Waals surface area contributed by atoms with Crippen LogP contribution in [0.15, 0.2) is 23.1 Å². The highest BCUT2D eigenvalue weighted by Crippen LogP contribution is 2.33. The van der Waals surface area contributed by atoms with Crippen molar-refractivity contribution in [1.82, 2.24) is 10.6 Å². The Morgan fingerprint density at radius 3 is 2.70 bits per heavy atom. The van der Waals surface area contributed by atoms with E-state index in [1.54, 1.807) is 18.2 Å². The zero-order valence-electron chi connectivity index (χ0n) is 13.3. The number of piperidine rings is 1. The molecule has 1 atom stereocenters. The Balaban J connectivity index is 0.00000264. The Hall–Kier alpha value is -0.130. The topological polar surface area (TPSA) is 41.1 Å². The van der Waals surface area contributed by atoms with Crippen molar-refractivity contribution in [3.8, 4) is 0 Å². The van der Waals surface area contributed by atoms with Gasteiger partial charge in [0, 0.05) is 16.5 Å². The number of halogens is 3. The fourth-order valence-electron chi connectivity index (χ4n) is 2.46. The van der Waals surface area contributed by atoms with Crippen molar-refractivity contribution in [2.45, 2.75) is 36.8 Å². The molecule has 130 valence electrons. The van der Waals surface area contributed by atoms with E-state index in [9.17, 15) is 4.79 Å². The average Bonchev–Trinajstić information content (AvgIpc) is 2.49. The summed E-state index contributed by atoms with van der Waals surface area (Å²) >= 11 is 13.6. The highest BCUT2D eigenvalue weighted by molar-refractivity contribution is 8.00. The summed E-state index contributed by atoms with van der Waals surface area (Å²) in [5.74, 6) is 0.0424. The number of thioether (sulfide) groups is 1. The van der Waals surface area contributed by atoms with Crippen LogP contribution in [0.25, 0.3) is 0 Å². The molecule has 2 N–H and O–H groups in total. The maximum atomic E-state index is 12.3. The van der Waals surface area contributed by atoms with Crippen molar-refractivity contribution in [1.29, 1.82) is 0 Å². The molecule has 1 aromatic carbocycles. The summed E-state index contributed by atoms with van der Waals surface area (Å²) in [7, 11) is 0. The van der Waals surface area contributed by atoms with Crippen molar-refractivity contribution in [3.05, 3.63) is 28.2 Å². The molecule has 23 heavy (non-hydrogen) atoms. The summed E-state index contributed by atoms with van der Waals surface area (Å²) in [5.41, 5.74) is 0.193. The first-order valence-corrected chi connectivity index (χ1v) is 9.13. The standard InChI is InChI=1S/C16H22Cl2N2OS.ClH/c1-11(22-14-9-12(17)3-4-13(14)18)15(21)20-10-16(2)5-7-19-8-6-16;/h3-4,9,11,19H,5-8,10H2,1-2H3,(H,20,21);1H. The van der Waals surface area contributed by atoms with Gasteiger partial charge in [0.15, 0.2) is 0 Å². The molecule has 3 nitrogen and oxygen atoms in total. The van der Waals surface area contributed by atoms with Crippen molar-refractivity contribution >= 4 is 53.3 Å². The van der Waals surface area contributed by atoms with Crippen LogP contribution >= 0.6 is 47.4 Å². The second-order valence-corrected chi connectivity index (χ2v) is 8.34. The summed E-state index contributed by atoms with van der Waals surface area (Å²) in [5, 5.41) is 7.48. The van der Waals surface area contributed by atoms with E-state index in [2.05, 4.69) is 17.6 Å². The van der Waals surface area contributed by atoms with E-state index in [4.69, 9.17) is 23.2 Å². The molecular formula is C16H23Cl3N2OS. The van der Waals surface area contributed by atoms with Gasteiger partial charge in [0.2, 0.25) is 5.91 Å². The van der Waals surface area contributed by atoms with Crippen LogP contribution in [0.1, 0.15) is 26.7 Å². The van der Waals surface area contributed by atoms with Crippen molar-refractivity contribution in [2.24, 2.45) is 5.41 Å². The quantitative estimate of drug-likeness (QED) is 0.723. The van der Waals surface area contributed by atoms with Crippen molar-refractivity contribution < 1.29 is 4.79 Å². The van der Waals surface area contributed by atoms with E-state index in [0.717, 1.165) is 37.4 Å². The van der Waals surface area contributed by atoms with Gasteiger partial charge in [-0.15, -0.1) is 24.2 Å². The molecule has 1 amide bonds. The molecule has 0 aromatic heterocycles. The van der Waals surface area contributed by atoms with Crippen LogP contribution in [0.5, 0.6) is 0 Å². The molecule has 0 saturated carbocycles. The van der Waals surface area contributed by atoms with Gasteiger partial charge >= 0.3 is 0 Å². The minimum absolute atomic E-state index is 0. The largest absolute Gasteiger partial charge is 0.355 e. The molecule has 0 spiro atoms. The van der Waals surface area contributed by atoms with E-state index < -0.39 is 0 Å². The van der Waals surface area contributed by atoms with Gasteiger partial charge in [-0.05, 0) is 56.5 Å². The lowest BCUT2D eigenvalue weighted by Crippen LogP contribution is -2.44. The van der Waals surface area contributed by atoms with E-state index in [1.807, 2.05) is 6.92 Å². The Morgan fingerprint density at radius 2 is 2.04 bits per heavy atom. The Labute approximate surface area is 158 Å². The molecule has 1 aliphatic heterocycles. The van der Waals surface area contributed by atoms with Gasteiger partial charge in [0.25, 0.3) is 0 Å². The Kier molecular flexibility index (Phi) is 8.53. The van der Waals surface area contributed by atoms with Crippen LogP contribution < -0.4 is 10.6 Å². The molecule has 2 rings (SSSR count). The number of amides is 1. The Morgan fingerprint density at radius 1 is 1.39 bits per heavy atom. The smallest absolute Gasteiger partial charge is 0.233 e. The van der Waals surface area contributed by atoms with Gasteiger partial charge < -0.3 is 10.6 Å². The lowest BCUT2D eigenvalue weighted by Gasteiger charge is -2.34. The Bertz CT molecular complexity index is 536. The minimum Gasteiger partial charge on any atom is -0.355 e. The predicted molar refractivity (Wildman–Crippen MR) is 102 cm³/mol. The summed E-state index contributed by atoms with van der Waals surface area (Å²) in [6, 6.07) is 5.30. The highest BCUT2D eigenvalue weighted by Gasteiger charge is 2.28. The summed E-state index contributed by atoms with van der Waals surface area (Å²) < 4.78 is 0. The predicted octanol–water partition coefficient (Wildman–Crippen LogP) is 4.40. The maximum Gasteiger partial charge on any atom is 0.233 e. The number of carbonyl (C=O) groups is 1. The first-order valence-electron chi connectivity index (χ1n) is 7.50. The van der Waals surface area contributed by atoms with Gasteiger partial charge in [-0.3, -0.25) is 4.79 Å². The number of rotatable bonds is 5. The zero-order valence-corrected chi connectivity index (χ0v) is 16.5. The minimum atomic E-state index is -0.207. The molecule has 7 heteroatoms. The van der Waals surface area contributed by atoms with Gasteiger partial charge in [-0.25, -0.2) is 0 Å². The molecule has 1 unspecified atom stereocenters. The third-order valence-corrected chi connectivity index (χ3v) is 5.90. The van der Waals surface area contributed by atoms with E-state index in [1.165, 1.54) is 11.8 Å². The normalized spacial score (nSPS) is 17.9. The SMILES string of the molecule is CC(Sc1cc(Cl)ccc1Cl)C(=O)NCC1(C)CCNCC1.Cl. The van der Waals surface area contributed by atoms with Crippen LogP contribution in [0.2, 0.25) is 10.0 Å². The zero-order chi connectivity index (χ0) is 16.2. The third kappa shape index (κ3) is 6.35. The van der Waals surface area contributed by atoms with Crippen molar-refractivity contribution in [3.63, 3.8) is 0 Å². The van der Waals surface area contributed by atoms with Crippen LogP contribution in [-0.2, 0) is 4.79 Å². The summed E-state index contributed by atoms with van der Waals surface area (Å²) in [4.78, 5) is 13.1. The van der Waals surface area contributed by atoms with E-state index >= 15 is 0 Å². The van der Waals surface area contributed by atoms with E-state index in [-0.39, 0.29) is 29.0 Å². The molecule has 0 aliphatic carbocycles. The second kappa shape index (κ2) is 9.38. The molecular weight excluding hydrogens is 375 g/mol. The number of carbonyl (C=O) groups excluding carboxylic acids is 1. The molecule has 1 fully saturated rings. The van der Waals surface area contributed by atoms with Gasteiger partial charge in [-0.1, -0.05) is 30.1 Å². The average molecular weight is 398 g/mol.